The van der Waals surface area contributed by atoms with Crippen LogP contribution in [0.5, 0.6) is 0 Å². The molecule has 4 heteroatoms. The molecule has 0 amide bonds. The first-order valence-electron chi connectivity index (χ1n) is 11.2. The lowest BCUT2D eigenvalue weighted by Gasteiger charge is -2.18. The Kier molecular flexibility index (Phi) is 6.29. The van der Waals surface area contributed by atoms with E-state index in [4.69, 9.17) is 9.97 Å². The molecule has 3 nitrogen and oxygen atoms in total. The largest absolute Gasteiger partial charge is 0.351 e. The van der Waals surface area contributed by atoms with Crippen LogP contribution in [0, 0.1) is 0 Å². The van der Waals surface area contributed by atoms with E-state index < -0.39 is 0 Å². The van der Waals surface area contributed by atoms with Gasteiger partial charge in [-0.1, -0.05) is 82.9 Å². The van der Waals surface area contributed by atoms with Gasteiger partial charge in [0.1, 0.15) is 5.52 Å². The van der Waals surface area contributed by atoms with Crippen molar-refractivity contribution < 1.29 is 0 Å². The minimum atomic E-state index is 0.615. The third-order valence-corrected chi connectivity index (χ3v) is 6.67. The van der Waals surface area contributed by atoms with Gasteiger partial charge < -0.3 is 4.98 Å². The van der Waals surface area contributed by atoms with Crippen molar-refractivity contribution in [2.75, 3.05) is 0 Å². The van der Waals surface area contributed by atoms with E-state index in [0.29, 0.717) is 5.92 Å². The third kappa shape index (κ3) is 4.69. The quantitative estimate of drug-likeness (QED) is 0.754. The van der Waals surface area contributed by atoms with Crippen LogP contribution in [-0.2, 0) is 0 Å². The molecule has 2 aromatic rings. The average Bonchev–Trinajstić information content (AvgIpc) is 2.98. The third-order valence-electron chi connectivity index (χ3n) is 6.67. The van der Waals surface area contributed by atoms with Crippen molar-refractivity contribution in [3.05, 3.63) is 18.0 Å². The lowest BCUT2D eigenvalue weighted by Crippen LogP contribution is -2.21. The summed E-state index contributed by atoms with van der Waals surface area (Å²) in [5.74, 6) is 1.46. The molecule has 0 radical (unpaired) electrons. The smallest absolute Gasteiger partial charge is 0.182 e. The van der Waals surface area contributed by atoms with Crippen molar-refractivity contribution in [3.8, 4) is 0 Å². The van der Waals surface area contributed by atoms with Gasteiger partial charge in [0.15, 0.2) is 12.9 Å². The van der Waals surface area contributed by atoms with Crippen molar-refractivity contribution in [2.24, 2.45) is 0 Å². The summed E-state index contributed by atoms with van der Waals surface area (Å²) < 4.78 is 0. The highest BCUT2D eigenvalue weighted by Crippen LogP contribution is 2.30. The number of hydrogen-bond acceptors (Lipinski definition) is 2. The molecule has 26 heavy (non-hydrogen) atoms. The monoisotopic (exact) mass is 351 g/mol. The van der Waals surface area contributed by atoms with Gasteiger partial charge in [0.05, 0.1) is 5.69 Å². The van der Waals surface area contributed by atoms with Crippen molar-refractivity contribution in [3.63, 3.8) is 0 Å². The standard InChI is InChI=1S/C22H34BN3/c1-3-7-11-17(12-8-4-1)20-16-24-19-15-21(26-22(19)25-20)23-18-13-9-5-2-6-10-14-18/h15-18,23H,1-14H2,(H,25,26). The van der Waals surface area contributed by atoms with Crippen LogP contribution in [0.3, 0.4) is 0 Å². The number of fused-ring (bicyclic) bond motifs is 1. The Morgan fingerprint density at radius 2 is 1.42 bits per heavy atom. The molecule has 2 aromatic heterocycles. The van der Waals surface area contributed by atoms with Gasteiger partial charge in [-0.15, -0.1) is 0 Å². The summed E-state index contributed by atoms with van der Waals surface area (Å²) in [4.78, 5) is 13.4. The number of aromatic amines is 1. The lowest BCUT2D eigenvalue weighted by molar-refractivity contribution is 0.449. The van der Waals surface area contributed by atoms with E-state index in [2.05, 4.69) is 17.2 Å². The summed E-state index contributed by atoms with van der Waals surface area (Å²) in [5, 5.41) is 0. The number of H-pyrrole nitrogens is 1. The lowest BCUT2D eigenvalue weighted by atomic mass is 9.58. The zero-order chi connectivity index (χ0) is 17.6. The van der Waals surface area contributed by atoms with Crippen LogP contribution in [0.4, 0.5) is 0 Å². The summed E-state index contributed by atoms with van der Waals surface area (Å²) in [7, 11) is 1.18. The second-order valence-electron chi connectivity index (χ2n) is 8.78. The molecular formula is C22H34BN3. The first-order chi connectivity index (χ1) is 12.9. The first kappa shape index (κ1) is 18.1. The molecular weight excluding hydrogens is 317 g/mol. The summed E-state index contributed by atoms with van der Waals surface area (Å²) >= 11 is 0. The number of hydrogen-bond donors (Lipinski definition) is 1. The van der Waals surface area contributed by atoms with Gasteiger partial charge in [-0.2, -0.15) is 0 Å². The topological polar surface area (TPSA) is 41.6 Å². The van der Waals surface area contributed by atoms with Crippen molar-refractivity contribution in [1.29, 1.82) is 0 Å². The van der Waals surface area contributed by atoms with Crippen LogP contribution in [0.25, 0.3) is 11.2 Å². The van der Waals surface area contributed by atoms with Gasteiger partial charge in [0, 0.05) is 12.1 Å². The Morgan fingerprint density at radius 3 is 2.12 bits per heavy atom. The van der Waals surface area contributed by atoms with Gasteiger partial charge in [0.25, 0.3) is 0 Å². The SMILES string of the molecule is B(c1cc2ncc(C3CCCCCCC3)nc2[nH]1)C1CCCCCCC1. The molecule has 0 unspecified atom stereocenters. The van der Waals surface area contributed by atoms with E-state index in [1.165, 1.54) is 108 Å². The highest BCUT2D eigenvalue weighted by molar-refractivity contribution is 6.54. The first-order valence-corrected chi connectivity index (χ1v) is 11.2. The van der Waals surface area contributed by atoms with Crippen LogP contribution in [0.15, 0.2) is 12.3 Å². The molecule has 0 spiro atoms. The molecule has 0 aliphatic heterocycles. The van der Waals surface area contributed by atoms with E-state index in [1.54, 1.807) is 0 Å². The molecule has 0 saturated heterocycles. The molecule has 140 valence electrons. The van der Waals surface area contributed by atoms with Gasteiger partial charge in [0.2, 0.25) is 0 Å². The Morgan fingerprint density at radius 1 is 0.808 bits per heavy atom. The number of rotatable bonds is 3. The summed E-state index contributed by atoms with van der Waals surface area (Å²) in [6, 6.07) is 2.25. The van der Waals surface area contributed by atoms with Crippen molar-refractivity contribution in [1.82, 2.24) is 15.0 Å². The van der Waals surface area contributed by atoms with Crippen LogP contribution in [0.2, 0.25) is 5.82 Å². The molecule has 2 aliphatic rings. The summed E-state index contributed by atoms with van der Waals surface area (Å²) in [6.07, 6.45) is 21.4. The fourth-order valence-corrected chi connectivity index (χ4v) is 5.08. The minimum Gasteiger partial charge on any atom is -0.351 e. The molecule has 1 N–H and O–H groups in total. The van der Waals surface area contributed by atoms with Crippen LogP contribution in [0.1, 0.15) is 102 Å². The Labute approximate surface area is 159 Å². The van der Waals surface area contributed by atoms with Gasteiger partial charge >= 0.3 is 0 Å². The molecule has 2 heterocycles. The van der Waals surface area contributed by atoms with Gasteiger partial charge in [-0.05, 0) is 24.5 Å². The minimum absolute atomic E-state index is 0.615. The molecule has 2 saturated carbocycles. The fourth-order valence-electron chi connectivity index (χ4n) is 5.08. The normalized spacial score (nSPS) is 21.7. The molecule has 2 fully saturated rings. The van der Waals surface area contributed by atoms with Gasteiger partial charge in [-0.25, -0.2) is 4.98 Å². The van der Waals surface area contributed by atoms with E-state index in [9.17, 15) is 0 Å². The number of nitrogens with zero attached hydrogens (tertiary/aromatic N) is 2. The molecule has 0 bridgehead atoms. The maximum atomic E-state index is 5.00. The maximum absolute atomic E-state index is 5.00. The number of aromatic nitrogens is 3. The second-order valence-corrected chi connectivity index (χ2v) is 8.78. The molecule has 0 atom stereocenters. The fraction of sp³-hybridized carbons (Fsp3) is 0.727. The summed E-state index contributed by atoms with van der Waals surface area (Å²) in [5.41, 5.74) is 4.64. The second kappa shape index (κ2) is 9.06. The average molecular weight is 351 g/mol. The number of nitrogens with one attached hydrogen (secondary N) is 1. The van der Waals surface area contributed by atoms with Crippen LogP contribution >= 0.6 is 0 Å². The Bertz CT molecular complexity index is 680. The Hall–Kier alpha value is -1.32. The highest BCUT2D eigenvalue weighted by Gasteiger charge is 2.18. The summed E-state index contributed by atoms with van der Waals surface area (Å²) in [6.45, 7) is 0. The Balaban J connectivity index is 1.46. The maximum Gasteiger partial charge on any atom is 0.182 e. The highest BCUT2D eigenvalue weighted by atomic mass is 14.9. The molecule has 0 aromatic carbocycles. The van der Waals surface area contributed by atoms with Gasteiger partial charge in [-0.3, -0.25) is 4.98 Å². The predicted molar refractivity (Wildman–Crippen MR) is 112 cm³/mol. The zero-order valence-electron chi connectivity index (χ0n) is 16.3. The zero-order valence-corrected chi connectivity index (χ0v) is 16.3. The van der Waals surface area contributed by atoms with E-state index in [-0.39, 0.29) is 0 Å². The van der Waals surface area contributed by atoms with Crippen molar-refractivity contribution >= 4 is 24.0 Å². The van der Waals surface area contributed by atoms with Crippen LogP contribution < -0.4 is 5.59 Å². The van der Waals surface area contributed by atoms with E-state index >= 15 is 0 Å². The van der Waals surface area contributed by atoms with Crippen molar-refractivity contribution in [2.45, 2.75) is 102 Å². The van der Waals surface area contributed by atoms with E-state index in [1.807, 2.05) is 0 Å². The van der Waals surface area contributed by atoms with Crippen LogP contribution in [-0.4, -0.2) is 22.2 Å². The molecule has 2 aliphatic carbocycles. The molecule has 4 rings (SSSR count). The predicted octanol–water partition coefficient (Wildman–Crippen LogP) is 5.38. The van der Waals surface area contributed by atoms with E-state index in [0.717, 1.165) is 17.0 Å².